The second kappa shape index (κ2) is 8.64. The third-order valence-electron chi connectivity index (χ3n) is 2.10. The minimum Gasteiger partial charge on any atom is -0.354 e. The van der Waals surface area contributed by atoms with Crippen LogP contribution in [0.25, 0.3) is 0 Å². The number of nitrogens with one attached hydrogen (secondary N) is 1. The Morgan fingerprint density at radius 3 is 2.47 bits per heavy atom. The lowest BCUT2D eigenvalue weighted by molar-refractivity contribution is -0.127. The van der Waals surface area contributed by atoms with Gasteiger partial charge in [0.25, 0.3) is 0 Å². The minimum atomic E-state index is -0.392. The largest absolute Gasteiger partial charge is 0.354 e. The van der Waals surface area contributed by atoms with Gasteiger partial charge in [-0.3, -0.25) is 4.79 Å². The summed E-state index contributed by atoms with van der Waals surface area (Å²) in [5.41, 5.74) is 5.73. The summed E-state index contributed by atoms with van der Waals surface area (Å²) < 4.78 is 9.87. The molecule has 0 fully saturated rings. The highest BCUT2D eigenvalue weighted by Gasteiger charge is 2.10. The smallest absolute Gasteiger partial charge is 0.221 e. The number of hydrogen-bond donors (Lipinski definition) is 2. The highest BCUT2D eigenvalue weighted by Crippen LogP contribution is 1.98. The van der Waals surface area contributed by atoms with Crippen LogP contribution in [0.5, 0.6) is 0 Å². The Bertz CT molecular complexity index is 172. The molecule has 0 aliphatic rings. The number of amides is 1. The Morgan fingerprint density at radius 1 is 1.40 bits per heavy atom. The fourth-order valence-electron chi connectivity index (χ4n) is 1.24. The molecular weight excluding hydrogens is 196 g/mol. The number of carbonyl (C=O) groups excluding carboxylic acids is 1. The molecule has 15 heavy (non-hydrogen) atoms. The standard InChI is InChI=1S/C10H22N2O3/c1-4-5-8(11)6-9(13)12-7-10(14-2)15-3/h8,10H,4-7,11H2,1-3H3,(H,12,13). The maximum atomic E-state index is 11.4. The van der Waals surface area contributed by atoms with E-state index in [9.17, 15) is 4.79 Å². The lowest BCUT2D eigenvalue weighted by Crippen LogP contribution is -2.37. The van der Waals surface area contributed by atoms with E-state index in [4.69, 9.17) is 15.2 Å². The van der Waals surface area contributed by atoms with Crippen molar-refractivity contribution in [2.24, 2.45) is 5.73 Å². The molecule has 0 aliphatic carbocycles. The molecule has 0 radical (unpaired) electrons. The molecule has 90 valence electrons. The Kier molecular flexibility index (Phi) is 8.27. The van der Waals surface area contributed by atoms with Gasteiger partial charge in [0.05, 0.1) is 6.54 Å². The highest BCUT2D eigenvalue weighted by molar-refractivity contribution is 5.76. The van der Waals surface area contributed by atoms with Gasteiger partial charge < -0.3 is 20.5 Å². The van der Waals surface area contributed by atoms with Crippen molar-refractivity contribution >= 4 is 5.91 Å². The van der Waals surface area contributed by atoms with Crippen molar-refractivity contribution in [2.75, 3.05) is 20.8 Å². The summed E-state index contributed by atoms with van der Waals surface area (Å²) in [7, 11) is 3.06. The van der Waals surface area contributed by atoms with Crippen molar-refractivity contribution in [2.45, 2.75) is 38.5 Å². The zero-order valence-electron chi connectivity index (χ0n) is 9.79. The van der Waals surface area contributed by atoms with E-state index in [2.05, 4.69) is 5.32 Å². The summed E-state index contributed by atoms with van der Waals surface area (Å²) in [6.45, 7) is 2.40. The zero-order valence-corrected chi connectivity index (χ0v) is 9.79. The van der Waals surface area contributed by atoms with Gasteiger partial charge in [0.15, 0.2) is 6.29 Å². The number of rotatable bonds is 8. The van der Waals surface area contributed by atoms with Crippen LogP contribution in [0, 0.1) is 0 Å². The fraction of sp³-hybridized carbons (Fsp3) is 0.900. The van der Waals surface area contributed by atoms with Gasteiger partial charge in [0.2, 0.25) is 5.91 Å². The second-order valence-electron chi connectivity index (χ2n) is 3.46. The molecule has 1 amide bonds. The Balaban J connectivity index is 3.64. The van der Waals surface area contributed by atoms with Crippen molar-refractivity contribution < 1.29 is 14.3 Å². The van der Waals surface area contributed by atoms with Gasteiger partial charge in [-0.2, -0.15) is 0 Å². The van der Waals surface area contributed by atoms with E-state index >= 15 is 0 Å². The van der Waals surface area contributed by atoms with E-state index < -0.39 is 6.29 Å². The SMILES string of the molecule is CCCC(N)CC(=O)NCC(OC)OC. The maximum Gasteiger partial charge on any atom is 0.221 e. The molecule has 0 spiro atoms. The van der Waals surface area contributed by atoms with E-state index in [-0.39, 0.29) is 11.9 Å². The molecule has 0 saturated heterocycles. The van der Waals surface area contributed by atoms with E-state index in [0.29, 0.717) is 13.0 Å². The van der Waals surface area contributed by atoms with Crippen molar-refractivity contribution in [1.82, 2.24) is 5.32 Å². The summed E-state index contributed by atoms with van der Waals surface area (Å²) in [5, 5.41) is 2.70. The summed E-state index contributed by atoms with van der Waals surface area (Å²) in [6, 6.07) is -0.0569. The lowest BCUT2D eigenvalue weighted by Gasteiger charge is -2.15. The number of ether oxygens (including phenoxy) is 2. The van der Waals surface area contributed by atoms with Crippen LogP contribution in [0.4, 0.5) is 0 Å². The van der Waals surface area contributed by atoms with Gasteiger partial charge in [-0.1, -0.05) is 13.3 Å². The predicted molar refractivity (Wildman–Crippen MR) is 58.3 cm³/mol. The van der Waals surface area contributed by atoms with Gasteiger partial charge >= 0.3 is 0 Å². The number of hydrogen-bond acceptors (Lipinski definition) is 4. The molecule has 0 saturated carbocycles. The molecular formula is C10H22N2O3. The lowest BCUT2D eigenvalue weighted by atomic mass is 10.1. The highest BCUT2D eigenvalue weighted by atomic mass is 16.7. The first-order valence-corrected chi connectivity index (χ1v) is 5.21. The average molecular weight is 218 g/mol. The Hall–Kier alpha value is -0.650. The molecule has 1 atom stereocenters. The van der Waals surface area contributed by atoms with E-state index in [1.54, 1.807) is 0 Å². The molecule has 5 heteroatoms. The molecule has 5 nitrogen and oxygen atoms in total. The van der Waals surface area contributed by atoms with Gasteiger partial charge in [-0.05, 0) is 6.42 Å². The van der Waals surface area contributed by atoms with Crippen LogP contribution < -0.4 is 11.1 Å². The summed E-state index contributed by atoms with van der Waals surface area (Å²) in [4.78, 5) is 11.4. The van der Waals surface area contributed by atoms with E-state index in [1.807, 2.05) is 6.92 Å². The summed E-state index contributed by atoms with van der Waals surface area (Å²) in [5.74, 6) is -0.0601. The maximum absolute atomic E-state index is 11.4. The van der Waals surface area contributed by atoms with Crippen molar-refractivity contribution in [3.05, 3.63) is 0 Å². The van der Waals surface area contributed by atoms with Crippen molar-refractivity contribution in [1.29, 1.82) is 0 Å². The molecule has 3 N–H and O–H groups in total. The first-order chi connectivity index (χ1) is 7.13. The van der Waals surface area contributed by atoms with Crippen LogP contribution in [-0.4, -0.2) is 39.0 Å². The molecule has 1 unspecified atom stereocenters. The molecule has 0 bridgehead atoms. The van der Waals surface area contributed by atoms with Crippen molar-refractivity contribution in [3.8, 4) is 0 Å². The normalized spacial score (nSPS) is 12.9. The van der Waals surface area contributed by atoms with Gasteiger partial charge in [0.1, 0.15) is 0 Å². The zero-order chi connectivity index (χ0) is 11.7. The van der Waals surface area contributed by atoms with Crippen molar-refractivity contribution in [3.63, 3.8) is 0 Å². The summed E-state index contributed by atoms with van der Waals surface area (Å²) in [6.07, 6.45) is 1.82. The Morgan fingerprint density at radius 2 is 2.00 bits per heavy atom. The first-order valence-electron chi connectivity index (χ1n) is 5.21. The van der Waals surface area contributed by atoms with E-state index in [1.165, 1.54) is 14.2 Å². The molecule has 0 heterocycles. The van der Waals surface area contributed by atoms with Crippen LogP contribution in [-0.2, 0) is 14.3 Å². The minimum absolute atomic E-state index is 0.0569. The van der Waals surface area contributed by atoms with Crippen LogP contribution in [0.3, 0.4) is 0 Å². The molecule has 0 aromatic carbocycles. The van der Waals surface area contributed by atoms with Gasteiger partial charge in [-0.15, -0.1) is 0 Å². The van der Waals surface area contributed by atoms with Crippen LogP contribution >= 0.6 is 0 Å². The summed E-state index contributed by atoms with van der Waals surface area (Å²) >= 11 is 0. The van der Waals surface area contributed by atoms with Crippen LogP contribution in [0.15, 0.2) is 0 Å². The Labute approximate surface area is 91.3 Å². The average Bonchev–Trinajstić information content (AvgIpc) is 2.19. The third-order valence-corrected chi connectivity index (χ3v) is 2.10. The molecule has 0 aromatic rings. The van der Waals surface area contributed by atoms with Gasteiger partial charge in [-0.25, -0.2) is 0 Å². The predicted octanol–water partition coefficient (Wildman–Crippen LogP) is 0.239. The number of carbonyl (C=O) groups is 1. The van der Waals surface area contributed by atoms with Gasteiger partial charge in [0, 0.05) is 26.7 Å². The topological polar surface area (TPSA) is 73.6 Å². The number of nitrogens with two attached hydrogens (primary N) is 1. The monoisotopic (exact) mass is 218 g/mol. The first kappa shape index (κ1) is 14.3. The van der Waals surface area contributed by atoms with Crippen LogP contribution in [0.1, 0.15) is 26.2 Å². The molecule has 0 rings (SSSR count). The fourth-order valence-corrected chi connectivity index (χ4v) is 1.24. The third kappa shape index (κ3) is 7.30. The molecule has 0 aromatic heterocycles. The quantitative estimate of drug-likeness (QED) is 0.572. The number of methoxy groups -OCH3 is 2. The molecule has 0 aliphatic heterocycles. The van der Waals surface area contributed by atoms with Crippen LogP contribution in [0.2, 0.25) is 0 Å². The van der Waals surface area contributed by atoms with E-state index in [0.717, 1.165) is 12.8 Å². The second-order valence-corrected chi connectivity index (χ2v) is 3.46.